The molecule has 0 radical (unpaired) electrons. The highest BCUT2D eigenvalue weighted by Crippen LogP contribution is 2.15. The van der Waals surface area contributed by atoms with Gasteiger partial charge < -0.3 is 9.64 Å². The van der Waals surface area contributed by atoms with Crippen LogP contribution in [0.4, 0.5) is 0 Å². The summed E-state index contributed by atoms with van der Waals surface area (Å²) in [6, 6.07) is 16.1. The maximum atomic E-state index is 12.4. The van der Waals surface area contributed by atoms with Crippen molar-refractivity contribution in [2.24, 2.45) is 0 Å². The zero-order valence-electron chi connectivity index (χ0n) is 14.9. The Morgan fingerprint density at radius 2 is 1.85 bits per heavy atom. The molecule has 0 unspecified atom stereocenters. The van der Waals surface area contributed by atoms with Crippen molar-refractivity contribution in [1.82, 2.24) is 9.80 Å². The zero-order valence-corrected chi connectivity index (χ0v) is 16.5. The number of carbonyl (C=O) groups excluding carboxylic acids is 1. The molecule has 1 amide bonds. The SMILES string of the molecule is COc1ccc(CN2CCN(C(=O)/C=C/c3cccc(Br)c3)CC2)cc1. The van der Waals surface area contributed by atoms with Gasteiger partial charge in [0.15, 0.2) is 0 Å². The lowest BCUT2D eigenvalue weighted by Gasteiger charge is -2.34. The molecular weight excluding hydrogens is 392 g/mol. The molecule has 1 aliphatic heterocycles. The summed E-state index contributed by atoms with van der Waals surface area (Å²) < 4.78 is 6.21. The number of piperazine rings is 1. The molecule has 0 spiro atoms. The highest BCUT2D eigenvalue weighted by atomic mass is 79.9. The fourth-order valence-corrected chi connectivity index (χ4v) is 3.42. The number of methoxy groups -OCH3 is 1. The van der Waals surface area contributed by atoms with Crippen molar-refractivity contribution in [3.05, 3.63) is 70.2 Å². The molecule has 0 bridgehead atoms. The number of nitrogens with zero attached hydrogens (tertiary/aromatic N) is 2. The molecule has 26 heavy (non-hydrogen) atoms. The number of hydrogen-bond donors (Lipinski definition) is 0. The predicted octanol–water partition coefficient (Wildman–Crippen LogP) is 3.82. The molecule has 2 aromatic carbocycles. The van der Waals surface area contributed by atoms with Crippen LogP contribution in [-0.2, 0) is 11.3 Å². The van der Waals surface area contributed by atoms with Crippen molar-refractivity contribution < 1.29 is 9.53 Å². The quantitative estimate of drug-likeness (QED) is 0.697. The summed E-state index contributed by atoms with van der Waals surface area (Å²) in [5.41, 5.74) is 2.28. The molecule has 1 heterocycles. The summed E-state index contributed by atoms with van der Waals surface area (Å²) in [7, 11) is 1.68. The second-order valence-corrected chi connectivity index (χ2v) is 7.25. The van der Waals surface area contributed by atoms with Crippen molar-refractivity contribution in [3.63, 3.8) is 0 Å². The normalized spacial score (nSPS) is 15.4. The van der Waals surface area contributed by atoms with Crippen LogP contribution in [0.15, 0.2) is 59.1 Å². The van der Waals surface area contributed by atoms with Gasteiger partial charge in [0.2, 0.25) is 5.91 Å². The van der Waals surface area contributed by atoms with E-state index in [0.29, 0.717) is 0 Å². The molecule has 4 nitrogen and oxygen atoms in total. The number of benzene rings is 2. The lowest BCUT2D eigenvalue weighted by atomic mass is 10.2. The van der Waals surface area contributed by atoms with Crippen LogP contribution >= 0.6 is 15.9 Å². The molecule has 0 aliphatic carbocycles. The molecular formula is C21H23BrN2O2. The summed E-state index contributed by atoms with van der Waals surface area (Å²) in [5.74, 6) is 0.954. The van der Waals surface area contributed by atoms with E-state index in [-0.39, 0.29) is 5.91 Å². The van der Waals surface area contributed by atoms with Gasteiger partial charge in [0.25, 0.3) is 0 Å². The van der Waals surface area contributed by atoms with E-state index in [1.54, 1.807) is 13.2 Å². The Labute approximate surface area is 163 Å². The Kier molecular flexibility index (Phi) is 6.47. The Morgan fingerprint density at radius 1 is 1.12 bits per heavy atom. The highest BCUT2D eigenvalue weighted by molar-refractivity contribution is 9.10. The molecule has 136 valence electrons. The van der Waals surface area contributed by atoms with E-state index in [1.807, 2.05) is 47.4 Å². The van der Waals surface area contributed by atoms with Crippen molar-refractivity contribution in [2.45, 2.75) is 6.54 Å². The standard InChI is InChI=1S/C21H23BrN2O2/c1-26-20-8-5-18(6-9-20)16-23-11-13-24(14-12-23)21(25)10-7-17-3-2-4-19(22)15-17/h2-10,15H,11-14,16H2,1H3/b10-7+. The summed E-state index contributed by atoms with van der Waals surface area (Å²) in [4.78, 5) is 16.7. The first-order valence-corrected chi connectivity index (χ1v) is 9.51. The average Bonchev–Trinajstić information content (AvgIpc) is 2.67. The van der Waals surface area contributed by atoms with E-state index in [9.17, 15) is 4.79 Å². The van der Waals surface area contributed by atoms with Gasteiger partial charge in [-0.05, 0) is 41.5 Å². The summed E-state index contributed by atoms with van der Waals surface area (Å²) in [5, 5.41) is 0. The van der Waals surface area contributed by atoms with E-state index >= 15 is 0 Å². The Balaban J connectivity index is 1.48. The largest absolute Gasteiger partial charge is 0.497 e. The highest BCUT2D eigenvalue weighted by Gasteiger charge is 2.19. The lowest BCUT2D eigenvalue weighted by molar-refractivity contribution is -0.127. The van der Waals surface area contributed by atoms with Crippen LogP contribution in [0.3, 0.4) is 0 Å². The number of carbonyl (C=O) groups is 1. The molecule has 5 heteroatoms. The van der Waals surface area contributed by atoms with Crippen LogP contribution in [0.1, 0.15) is 11.1 Å². The summed E-state index contributed by atoms with van der Waals surface area (Å²) in [6.07, 6.45) is 3.54. The van der Waals surface area contributed by atoms with Crippen LogP contribution in [0.25, 0.3) is 6.08 Å². The van der Waals surface area contributed by atoms with Gasteiger partial charge >= 0.3 is 0 Å². The third-order valence-electron chi connectivity index (χ3n) is 4.52. The van der Waals surface area contributed by atoms with E-state index in [2.05, 4.69) is 33.0 Å². The van der Waals surface area contributed by atoms with Gasteiger partial charge in [-0.15, -0.1) is 0 Å². The smallest absolute Gasteiger partial charge is 0.246 e. The van der Waals surface area contributed by atoms with Gasteiger partial charge in [-0.25, -0.2) is 0 Å². The average molecular weight is 415 g/mol. The van der Waals surface area contributed by atoms with Crippen molar-refractivity contribution in [2.75, 3.05) is 33.3 Å². The fraction of sp³-hybridized carbons (Fsp3) is 0.286. The van der Waals surface area contributed by atoms with Gasteiger partial charge in [-0.3, -0.25) is 9.69 Å². The fourth-order valence-electron chi connectivity index (χ4n) is 3.00. The predicted molar refractivity (Wildman–Crippen MR) is 108 cm³/mol. The van der Waals surface area contributed by atoms with Crippen LogP contribution in [0.5, 0.6) is 5.75 Å². The minimum absolute atomic E-state index is 0.0778. The maximum absolute atomic E-state index is 12.4. The number of rotatable bonds is 5. The second-order valence-electron chi connectivity index (χ2n) is 6.34. The van der Waals surface area contributed by atoms with Crippen LogP contribution < -0.4 is 4.74 Å². The van der Waals surface area contributed by atoms with Gasteiger partial charge in [0.05, 0.1) is 7.11 Å². The third-order valence-corrected chi connectivity index (χ3v) is 5.01. The van der Waals surface area contributed by atoms with E-state index < -0.39 is 0 Å². The topological polar surface area (TPSA) is 32.8 Å². The monoisotopic (exact) mass is 414 g/mol. The van der Waals surface area contributed by atoms with Gasteiger partial charge in [-0.2, -0.15) is 0 Å². The molecule has 1 saturated heterocycles. The maximum Gasteiger partial charge on any atom is 0.246 e. The van der Waals surface area contributed by atoms with E-state index in [1.165, 1.54) is 5.56 Å². The first kappa shape index (κ1) is 18.7. The third kappa shape index (κ3) is 5.19. The van der Waals surface area contributed by atoms with Crippen molar-refractivity contribution in [3.8, 4) is 5.75 Å². The minimum Gasteiger partial charge on any atom is -0.497 e. The Morgan fingerprint density at radius 3 is 2.50 bits per heavy atom. The molecule has 1 fully saturated rings. The molecule has 0 N–H and O–H groups in total. The molecule has 0 atom stereocenters. The zero-order chi connectivity index (χ0) is 18.4. The summed E-state index contributed by atoms with van der Waals surface area (Å²) in [6.45, 7) is 4.21. The number of ether oxygens (including phenoxy) is 1. The van der Waals surface area contributed by atoms with Crippen molar-refractivity contribution >= 4 is 27.9 Å². The van der Waals surface area contributed by atoms with Crippen molar-refractivity contribution in [1.29, 1.82) is 0 Å². The second kappa shape index (κ2) is 9.01. The first-order chi connectivity index (χ1) is 12.6. The Hall–Kier alpha value is -2.11. The Bertz CT molecular complexity index is 766. The van der Waals surface area contributed by atoms with E-state index in [0.717, 1.165) is 48.5 Å². The summed E-state index contributed by atoms with van der Waals surface area (Å²) >= 11 is 3.45. The number of hydrogen-bond acceptors (Lipinski definition) is 3. The first-order valence-electron chi connectivity index (χ1n) is 8.72. The lowest BCUT2D eigenvalue weighted by Crippen LogP contribution is -2.47. The number of halogens is 1. The number of amides is 1. The molecule has 3 rings (SSSR count). The van der Waals surface area contributed by atoms with E-state index in [4.69, 9.17) is 4.74 Å². The molecule has 0 saturated carbocycles. The molecule has 1 aliphatic rings. The van der Waals surface area contributed by atoms with Gasteiger partial charge in [-0.1, -0.05) is 40.2 Å². The van der Waals surface area contributed by atoms with Gasteiger partial charge in [0, 0.05) is 43.3 Å². The van der Waals surface area contributed by atoms with Crippen LogP contribution in [-0.4, -0.2) is 49.0 Å². The van der Waals surface area contributed by atoms with Crippen LogP contribution in [0.2, 0.25) is 0 Å². The van der Waals surface area contributed by atoms with Gasteiger partial charge in [0.1, 0.15) is 5.75 Å². The van der Waals surface area contributed by atoms with Crippen LogP contribution in [0, 0.1) is 0 Å². The minimum atomic E-state index is 0.0778. The molecule has 2 aromatic rings. The molecule has 0 aromatic heterocycles.